The molecule has 0 bridgehead atoms. The van der Waals surface area contributed by atoms with Gasteiger partial charge in [0.25, 0.3) is 0 Å². The van der Waals surface area contributed by atoms with Gasteiger partial charge in [0.2, 0.25) is 0 Å². The number of hydrogen-bond acceptors (Lipinski definition) is 2. The van der Waals surface area contributed by atoms with Crippen molar-refractivity contribution in [1.82, 2.24) is 0 Å². The molecule has 0 aliphatic heterocycles. The molecular weight excluding hydrogens is 222 g/mol. The van der Waals surface area contributed by atoms with Crippen molar-refractivity contribution in [3.8, 4) is 0 Å². The molecule has 1 saturated carbocycles. The molecule has 1 aromatic carbocycles. The molecule has 0 radical (unpaired) electrons. The van der Waals surface area contributed by atoms with Gasteiger partial charge in [-0.25, -0.2) is 0 Å². The third-order valence-electron chi connectivity index (χ3n) is 4.05. The van der Waals surface area contributed by atoms with Crippen LogP contribution in [0.15, 0.2) is 24.3 Å². The summed E-state index contributed by atoms with van der Waals surface area (Å²) in [4.78, 5) is 0. The Labute approximate surface area is 111 Å². The zero-order valence-corrected chi connectivity index (χ0v) is 11.8. The Morgan fingerprint density at radius 2 is 2.11 bits per heavy atom. The zero-order chi connectivity index (χ0) is 13.0. The standard InChI is InChI=1S/C16H25NO/c1-12-7-8-13(2)16(9-12)17-15-6-4-5-14(10-15)11-18-3/h4-6,10,12-13,16-17H,7-9,11H2,1-3H3. The molecule has 1 aliphatic rings. The van der Waals surface area contributed by atoms with Gasteiger partial charge in [-0.2, -0.15) is 0 Å². The topological polar surface area (TPSA) is 21.3 Å². The van der Waals surface area contributed by atoms with Crippen molar-refractivity contribution in [2.45, 2.75) is 45.8 Å². The van der Waals surface area contributed by atoms with Gasteiger partial charge in [0.1, 0.15) is 0 Å². The minimum Gasteiger partial charge on any atom is -0.382 e. The van der Waals surface area contributed by atoms with E-state index < -0.39 is 0 Å². The highest BCUT2D eigenvalue weighted by molar-refractivity contribution is 5.46. The minimum atomic E-state index is 0.617. The van der Waals surface area contributed by atoms with E-state index in [4.69, 9.17) is 4.74 Å². The summed E-state index contributed by atoms with van der Waals surface area (Å²) >= 11 is 0. The Bertz CT molecular complexity index is 377. The van der Waals surface area contributed by atoms with Crippen molar-refractivity contribution in [3.05, 3.63) is 29.8 Å². The van der Waals surface area contributed by atoms with E-state index in [2.05, 4.69) is 43.4 Å². The molecule has 0 heterocycles. The first kappa shape index (κ1) is 13.4. The van der Waals surface area contributed by atoms with E-state index in [1.54, 1.807) is 7.11 Å². The van der Waals surface area contributed by atoms with Crippen LogP contribution in [-0.2, 0) is 11.3 Å². The van der Waals surface area contributed by atoms with Gasteiger partial charge in [-0.3, -0.25) is 0 Å². The van der Waals surface area contributed by atoms with Crippen LogP contribution in [0.5, 0.6) is 0 Å². The van der Waals surface area contributed by atoms with Crippen LogP contribution >= 0.6 is 0 Å². The third-order valence-corrected chi connectivity index (χ3v) is 4.05. The summed E-state index contributed by atoms with van der Waals surface area (Å²) in [6.07, 6.45) is 4.01. The molecule has 3 unspecified atom stereocenters. The Morgan fingerprint density at radius 1 is 1.28 bits per heavy atom. The first-order chi connectivity index (χ1) is 8.69. The molecule has 100 valence electrons. The molecule has 1 fully saturated rings. The number of anilines is 1. The number of benzene rings is 1. The van der Waals surface area contributed by atoms with E-state index in [0.717, 1.165) is 11.8 Å². The zero-order valence-electron chi connectivity index (χ0n) is 11.8. The number of nitrogens with one attached hydrogen (secondary N) is 1. The van der Waals surface area contributed by atoms with Gasteiger partial charge in [-0.1, -0.05) is 32.4 Å². The fraction of sp³-hybridized carbons (Fsp3) is 0.625. The highest BCUT2D eigenvalue weighted by Gasteiger charge is 2.25. The highest BCUT2D eigenvalue weighted by Crippen LogP contribution is 2.30. The average Bonchev–Trinajstić information content (AvgIpc) is 2.35. The van der Waals surface area contributed by atoms with E-state index in [1.165, 1.54) is 30.5 Å². The molecule has 0 spiro atoms. The molecule has 18 heavy (non-hydrogen) atoms. The maximum atomic E-state index is 5.18. The highest BCUT2D eigenvalue weighted by atomic mass is 16.5. The Morgan fingerprint density at radius 3 is 2.89 bits per heavy atom. The Kier molecular flexibility index (Phi) is 4.65. The predicted octanol–water partition coefficient (Wildman–Crippen LogP) is 4.07. The van der Waals surface area contributed by atoms with Gasteiger partial charge in [0.15, 0.2) is 0 Å². The van der Waals surface area contributed by atoms with E-state index in [1.807, 2.05) is 0 Å². The molecular formula is C16H25NO. The molecule has 3 atom stereocenters. The summed E-state index contributed by atoms with van der Waals surface area (Å²) in [6, 6.07) is 9.20. The summed E-state index contributed by atoms with van der Waals surface area (Å²) in [7, 11) is 1.74. The minimum absolute atomic E-state index is 0.617. The van der Waals surface area contributed by atoms with Crippen LogP contribution in [0.25, 0.3) is 0 Å². The fourth-order valence-corrected chi connectivity index (χ4v) is 2.87. The lowest BCUT2D eigenvalue weighted by Gasteiger charge is -2.34. The summed E-state index contributed by atoms with van der Waals surface area (Å²) < 4.78 is 5.18. The first-order valence-electron chi connectivity index (χ1n) is 7.03. The lowest BCUT2D eigenvalue weighted by Crippen LogP contribution is -2.33. The van der Waals surface area contributed by atoms with Gasteiger partial charge in [0.05, 0.1) is 6.61 Å². The van der Waals surface area contributed by atoms with Gasteiger partial charge >= 0.3 is 0 Å². The van der Waals surface area contributed by atoms with Gasteiger partial charge in [0, 0.05) is 18.8 Å². The monoisotopic (exact) mass is 247 g/mol. The predicted molar refractivity (Wildman–Crippen MR) is 76.7 cm³/mol. The van der Waals surface area contributed by atoms with Crippen LogP contribution in [0.4, 0.5) is 5.69 Å². The smallest absolute Gasteiger partial charge is 0.0713 e. The van der Waals surface area contributed by atoms with Crippen LogP contribution in [0, 0.1) is 11.8 Å². The summed E-state index contributed by atoms with van der Waals surface area (Å²) in [5.74, 6) is 1.62. The molecule has 2 rings (SSSR count). The van der Waals surface area contributed by atoms with Gasteiger partial charge in [-0.15, -0.1) is 0 Å². The number of methoxy groups -OCH3 is 1. The number of ether oxygens (including phenoxy) is 1. The van der Waals surface area contributed by atoms with Crippen molar-refractivity contribution in [1.29, 1.82) is 0 Å². The largest absolute Gasteiger partial charge is 0.382 e. The summed E-state index contributed by atoms with van der Waals surface area (Å²) in [6.45, 7) is 5.41. The van der Waals surface area contributed by atoms with Crippen LogP contribution in [0.2, 0.25) is 0 Å². The van der Waals surface area contributed by atoms with Crippen molar-refractivity contribution in [2.24, 2.45) is 11.8 Å². The van der Waals surface area contributed by atoms with E-state index in [9.17, 15) is 0 Å². The lowest BCUT2D eigenvalue weighted by atomic mass is 9.80. The molecule has 1 aliphatic carbocycles. The Hall–Kier alpha value is -1.02. The molecule has 0 aromatic heterocycles. The molecule has 2 nitrogen and oxygen atoms in total. The van der Waals surface area contributed by atoms with Crippen LogP contribution < -0.4 is 5.32 Å². The maximum absolute atomic E-state index is 5.18. The van der Waals surface area contributed by atoms with E-state index >= 15 is 0 Å². The second kappa shape index (κ2) is 6.24. The summed E-state index contributed by atoms with van der Waals surface area (Å²) in [5, 5.41) is 3.70. The summed E-state index contributed by atoms with van der Waals surface area (Å²) in [5.41, 5.74) is 2.47. The second-order valence-corrected chi connectivity index (χ2v) is 5.78. The molecule has 2 heteroatoms. The normalized spacial score (nSPS) is 28.1. The SMILES string of the molecule is COCc1cccc(NC2CC(C)CCC2C)c1. The Balaban J connectivity index is 2.01. The number of hydrogen-bond donors (Lipinski definition) is 1. The molecule has 0 amide bonds. The van der Waals surface area contributed by atoms with Crippen molar-refractivity contribution in [2.75, 3.05) is 12.4 Å². The van der Waals surface area contributed by atoms with Gasteiger partial charge < -0.3 is 10.1 Å². The van der Waals surface area contributed by atoms with Crippen LogP contribution in [-0.4, -0.2) is 13.2 Å². The second-order valence-electron chi connectivity index (χ2n) is 5.78. The van der Waals surface area contributed by atoms with E-state index in [-0.39, 0.29) is 0 Å². The fourth-order valence-electron chi connectivity index (χ4n) is 2.87. The maximum Gasteiger partial charge on any atom is 0.0713 e. The van der Waals surface area contributed by atoms with Gasteiger partial charge in [-0.05, 0) is 42.4 Å². The molecule has 1 aromatic rings. The van der Waals surface area contributed by atoms with Crippen molar-refractivity contribution >= 4 is 5.69 Å². The lowest BCUT2D eigenvalue weighted by molar-refractivity contribution is 0.185. The molecule has 0 saturated heterocycles. The van der Waals surface area contributed by atoms with Crippen molar-refractivity contribution < 1.29 is 4.74 Å². The van der Waals surface area contributed by atoms with Crippen molar-refractivity contribution in [3.63, 3.8) is 0 Å². The quantitative estimate of drug-likeness (QED) is 0.866. The van der Waals surface area contributed by atoms with E-state index in [0.29, 0.717) is 12.6 Å². The first-order valence-corrected chi connectivity index (χ1v) is 7.03. The third kappa shape index (κ3) is 3.49. The van der Waals surface area contributed by atoms with Crippen LogP contribution in [0.1, 0.15) is 38.7 Å². The molecule has 1 N–H and O–H groups in total. The number of rotatable bonds is 4. The van der Waals surface area contributed by atoms with Crippen LogP contribution in [0.3, 0.4) is 0 Å². The average molecular weight is 247 g/mol.